The fourth-order valence-corrected chi connectivity index (χ4v) is 4.21. The third-order valence-electron chi connectivity index (χ3n) is 6.53. The minimum absolute atomic E-state index is 0.177. The van der Waals surface area contributed by atoms with Crippen LogP contribution in [0, 0.1) is 0 Å². The summed E-state index contributed by atoms with van der Waals surface area (Å²) in [5, 5.41) is 2.74. The summed E-state index contributed by atoms with van der Waals surface area (Å²) in [7, 11) is 1.79. The molecule has 0 spiro atoms. The zero-order chi connectivity index (χ0) is 23.8. The van der Waals surface area contributed by atoms with Crippen molar-refractivity contribution in [2.24, 2.45) is 0 Å². The van der Waals surface area contributed by atoms with Gasteiger partial charge in [-0.3, -0.25) is 9.59 Å². The summed E-state index contributed by atoms with van der Waals surface area (Å²) in [5.41, 5.74) is 2.33. The molecule has 1 N–H and O–H groups in total. The fourth-order valence-electron chi connectivity index (χ4n) is 4.21. The summed E-state index contributed by atoms with van der Waals surface area (Å²) in [4.78, 5) is 39.8. The quantitative estimate of drug-likeness (QED) is 0.546. The minimum atomic E-state index is -0.682. The number of carbonyl (C=O) groups is 3. The van der Waals surface area contributed by atoms with Crippen LogP contribution in [0.1, 0.15) is 84.6 Å². The second-order valence-corrected chi connectivity index (χ2v) is 8.81. The topological polar surface area (TPSA) is 75.7 Å². The Labute approximate surface area is 196 Å². The van der Waals surface area contributed by atoms with E-state index in [9.17, 15) is 14.4 Å². The second kappa shape index (κ2) is 11.6. The lowest BCUT2D eigenvalue weighted by Gasteiger charge is -2.31. The molecule has 1 saturated carbocycles. The van der Waals surface area contributed by atoms with Crippen LogP contribution in [0.2, 0.25) is 0 Å². The van der Waals surface area contributed by atoms with E-state index < -0.39 is 18.5 Å². The van der Waals surface area contributed by atoms with Gasteiger partial charge in [0.15, 0.2) is 6.61 Å². The molecule has 1 atom stereocenters. The molecule has 0 heterocycles. The molecule has 0 unspecified atom stereocenters. The van der Waals surface area contributed by atoms with Gasteiger partial charge >= 0.3 is 5.97 Å². The summed E-state index contributed by atoms with van der Waals surface area (Å²) >= 11 is 0. The lowest BCUT2D eigenvalue weighted by atomic mass is 9.94. The highest BCUT2D eigenvalue weighted by Crippen LogP contribution is 2.24. The van der Waals surface area contributed by atoms with E-state index in [1.165, 1.54) is 12.0 Å². The standard InChI is InChI=1S/C27H34N2O4/c1-4-19(2)20-14-16-21(17-15-20)28-25(30)18-33-27(32)24-13-9-8-12-23(24)26(31)29(3)22-10-6-5-7-11-22/h8-9,12-17,19,22H,4-7,10-11,18H2,1-3H3,(H,28,30)/t19-/m1/s1. The maximum absolute atomic E-state index is 13.1. The van der Waals surface area contributed by atoms with Crippen molar-refractivity contribution in [2.45, 2.75) is 64.3 Å². The van der Waals surface area contributed by atoms with Gasteiger partial charge in [-0.25, -0.2) is 4.79 Å². The van der Waals surface area contributed by atoms with E-state index in [4.69, 9.17) is 4.74 Å². The van der Waals surface area contributed by atoms with Gasteiger partial charge in [0.25, 0.3) is 11.8 Å². The van der Waals surface area contributed by atoms with Gasteiger partial charge in [0, 0.05) is 18.8 Å². The summed E-state index contributed by atoms with van der Waals surface area (Å²) in [6, 6.07) is 14.5. The van der Waals surface area contributed by atoms with E-state index in [1.54, 1.807) is 36.2 Å². The first kappa shape index (κ1) is 24.5. The zero-order valence-corrected chi connectivity index (χ0v) is 19.8. The van der Waals surface area contributed by atoms with Gasteiger partial charge in [-0.1, -0.05) is 57.4 Å². The lowest BCUT2D eigenvalue weighted by Crippen LogP contribution is -2.39. The summed E-state index contributed by atoms with van der Waals surface area (Å²) < 4.78 is 5.24. The third-order valence-corrected chi connectivity index (χ3v) is 6.53. The molecular weight excluding hydrogens is 416 g/mol. The van der Waals surface area contributed by atoms with Gasteiger partial charge in [-0.15, -0.1) is 0 Å². The average molecular weight is 451 g/mol. The first-order valence-electron chi connectivity index (χ1n) is 11.8. The molecule has 0 aliphatic heterocycles. The molecule has 6 nitrogen and oxygen atoms in total. The van der Waals surface area contributed by atoms with E-state index in [2.05, 4.69) is 19.2 Å². The van der Waals surface area contributed by atoms with Crippen molar-refractivity contribution in [3.63, 3.8) is 0 Å². The van der Waals surface area contributed by atoms with Crippen LogP contribution in [0.5, 0.6) is 0 Å². The number of amides is 2. The number of nitrogens with one attached hydrogen (secondary N) is 1. The zero-order valence-electron chi connectivity index (χ0n) is 19.8. The van der Waals surface area contributed by atoms with Crippen molar-refractivity contribution in [2.75, 3.05) is 19.0 Å². The number of benzene rings is 2. The number of nitrogens with zero attached hydrogens (tertiary/aromatic N) is 1. The molecule has 0 saturated heterocycles. The first-order valence-corrected chi connectivity index (χ1v) is 11.8. The minimum Gasteiger partial charge on any atom is -0.452 e. The maximum Gasteiger partial charge on any atom is 0.339 e. The largest absolute Gasteiger partial charge is 0.452 e. The summed E-state index contributed by atoms with van der Waals surface area (Å²) in [6.07, 6.45) is 6.43. The Bertz CT molecular complexity index is 964. The highest BCUT2D eigenvalue weighted by molar-refractivity contribution is 6.06. The van der Waals surface area contributed by atoms with Crippen molar-refractivity contribution in [1.82, 2.24) is 4.90 Å². The number of carbonyl (C=O) groups excluding carboxylic acids is 3. The van der Waals surface area contributed by atoms with Crippen LogP contribution in [-0.2, 0) is 9.53 Å². The normalized spacial score (nSPS) is 14.9. The molecule has 2 aromatic carbocycles. The Balaban J connectivity index is 1.59. The average Bonchev–Trinajstić information content (AvgIpc) is 2.86. The van der Waals surface area contributed by atoms with Crippen LogP contribution in [0.15, 0.2) is 48.5 Å². The maximum atomic E-state index is 13.1. The predicted molar refractivity (Wildman–Crippen MR) is 129 cm³/mol. The molecule has 3 rings (SSSR count). The molecule has 6 heteroatoms. The molecule has 2 aromatic rings. The van der Waals surface area contributed by atoms with Crippen molar-refractivity contribution in [1.29, 1.82) is 0 Å². The van der Waals surface area contributed by atoms with Gasteiger partial charge in [0.1, 0.15) is 0 Å². The van der Waals surface area contributed by atoms with Gasteiger partial charge in [0.05, 0.1) is 11.1 Å². The Morgan fingerprint density at radius 2 is 1.64 bits per heavy atom. The van der Waals surface area contributed by atoms with E-state index >= 15 is 0 Å². The fraction of sp³-hybridized carbons (Fsp3) is 0.444. The van der Waals surface area contributed by atoms with Gasteiger partial charge in [0.2, 0.25) is 0 Å². The van der Waals surface area contributed by atoms with Crippen molar-refractivity contribution in [3.05, 3.63) is 65.2 Å². The number of hydrogen-bond acceptors (Lipinski definition) is 4. The van der Waals surface area contributed by atoms with E-state index in [1.807, 2.05) is 24.3 Å². The highest BCUT2D eigenvalue weighted by Gasteiger charge is 2.26. The number of hydrogen-bond donors (Lipinski definition) is 1. The first-order chi connectivity index (χ1) is 15.9. The molecule has 0 aromatic heterocycles. The number of anilines is 1. The van der Waals surface area contributed by atoms with Crippen molar-refractivity contribution < 1.29 is 19.1 Å². The molecular formula is C27H34N2O4. The molecule has 2 amide bonds. The Kier molecular flexibility index (Phi) is 8.64. The van der Waals surface area contributed by atoms with Crippen molar-refractivity contribution >= 4 is 23.5 Å². The SMILES string of the molecule is CC[C@@H](C)c1ccc(NC(=O)COC(=O)c2ccccc2C(=O)N(C)C2CCCCC2)cc1. The molecule has 1 aliphatic carbocycles. The predicted octanol–water partition coefficient (Wildman–Crippen LogP) is 5.40. The molecule has 0 bridgehead atoms. The lowest BCUT2D eigenvalue weighted by molar-refractivity contribution is -0.119. The monoisotopic (exact) mass is 450 g/mol. The van der Waals surface area contributed by atoms with Gasteiger partial charge in [-0.2, -0.15) is 0 Å². The molecule has 33 heavy (non-hydrogen) atoms. The van der Waals surface area contributed by atoms with Crippen LogP contribution >= 0.6 is 0 Å². The van der Waals surface area contributed by atoms with Crippen LogP contribution in [0.3, 0.4) is 0 Å². The van der Waals surface area contributed by atoms with Crippen LogP contribution in [0.4, 0.5) is 5.69 Å². The second-order valence-electron chi connectivity index (χ2n) is 8.81. The molecule has 1 aliphatic rings. The van der Waals surface area contributed by atoms with Crippen LogP contribution < -0.4 is 5.32 Å². The van der Waals surface area contributed by atoms with Crippen LogP contribution in [0.25, 0.3) is 0 Å². The van der Waals surface area contributed by atoms with Gasteiger partial charge in [-0.05, 0) is 55.0 Å². The molecule has 1 fully saturated rings. The van der Waals surface area contributed by atoms with Crippen molar-refractivity contribution in [3.8, 4) is 0 Å². The molecule has 0 radical (unpaired) electrons. The highest BCUT2D eigenvalue weighted by atomic mass is 16.5. The summed E-state index contributed by atoms with van der Waals surface area (Å²) in [5.74, 6) is -0.850. The van der Waals surface area contributed by atoms with E-state index in [0.29, 0.717) is 17.2 Å². The smallest absolute Gasteiger partial charge is 0.339 e. The molecule has 176 valence electrons. The van der Waals surface area contributed by atoms with E-state index in [-0.39, 0.29) is 17.5 Å². The Hall–Kier alpha value is -3.15. The number of esters is 1. The third kappa shape index (κ3) is 6.44. The Morgan fingerprint density at radius 1 is 1.00 bits per heavy atom. The van der Waals surface area contributed by atoms with E-state index in [0.717, 1.165) is 32.1 Å². The Morgan fingerprint density at radius 3 is 2.27 bits per heavy atom. The van der Waals surface area contributed by atoms with Crippen LogP contribution in [-0.4, -0.2) is 42.4 Å². The van der Waals surface area contributed by atoms with Gasteiger partial charge < -0.3 is 15.0 Å². The number of ether oxygens (including phenoxy) is 1. The summed E-state index contributed by atoms with van der Waals surface area (Å²) in [6.45, 7) is 3.87. The number of rotatable bonds is 8.